The van der Waals surface area contributed by atoms with E-state index in [9.17, 15) is 14.8 Å². The molecular formula is C11H8ClN3O5. The zero-order chi connectivity index (χ0) is 14.7. The Hall–Kier alpha value is -2.61. The largest absolute Gasteiger partial charge is 0.453 e. The molecule has 1 aromatic heterocycles. The predicted molar refractivity (Wildman–Crippen MR) is 64.6 cm³/mol. The first-order valence-corrected chi connectivity index (χ1v) is 5.68. The quantitative estimate of drug-likeness (QED) is 0.644. The molecule has 0 radical (unpaired) electrons. The smallest absolute Gasteiger partial charge is 0.338 e. The fourth-order valence-corrected chi connectivity index (χ4v) is 1.53. The Balaban J connectivity index is 2.07. The summed E-state index contributed by atoms with van der Waals surface area (Å²) >= 11 is 5.68. The Kier molecular flexibility index (Phi) is 3.85. The lowest BCUT2D eigenvalue weighted by Crippen LogP contribution is -2.35. The highest BCUT2D eigenvalue weighted by atomic mass is 35.5. The van der Waals surface area contributed by atoms with E-state index < -0.39 is 24.2 Å². The molecule has 0 unspecified atom stereocenters. The van der Waals surface area contributed by atoms with E-state index >= 15 is 0 Å². The van der Waals surface area contributed by atoms with Gasteiger partial charge < -0.3 is 15.7 Å². The number of carbonyl (C=O) groups excluding carboxylic acids is 2. The van der Waals surface area contributed by atoms with Gasteiger partial charge in [0, 0.05) is 10.2 Å². The number of ether oxygens (including phenoxy) is 1. The topological polar surface area (TPSA) is 122 Å². The van der Waals surface area contributed by atoms with E-state index in [1.54, 1.807) is 0 Å². The molecular weight excluding hydrogens is 290 g/mol. The predicted octanol–water partition coefficient (Wildman–Crippen LogP) is 0.417. The molecule has 1 amide bonds. The maximum atomic E-state index is 11.7. The van der Waals surface area contributed by atoms with Crippen LogP contribution in [0.3, 0.4) is 0 Å². The molecule has 2 rings (SSSR count). The highest BCUT2D eigenvalue weighted by Crippen LogP contribution is 2.11. The van der Waals surface area contributed by atoms with Gasteiger partial charge in [0.05, 0.1) is 5.56 Å². The average molecular weight is 298 g/mol. The van der Waals surface area contributed by atoms with Crippen molar-refractivity contribution in [2.24, 2.45) is 5.73 Å². The van der Waals surface area contributed by atoms with Gasteiger partial charge in [-0.2, -0.15) is 0 Å². The molecule has 2 aromatic rings. The highest BCUT2D eigenvalue weighted by Gasteiger charge is 2.25. The summed E-state index contributed by atoms with van der Waals surface area (Å²) in [5.41, 5.74) is 4.57. The van der Waals surface area contributed by atoms with Crippen LogP contribution in [-0.2, 0) is 11.3 Å². The molecule has 2 N–H and O–H groups in total. The van der Waals surface area contributed by atoms with Gasteiger partial charge in [-0.15, -0.1) is 0 Å². The van der Waals surface area contributed by atoms with E-state index in [-0.39, 0.29) is 16.2 Å². The van der Waals surface area contributed by atoms with Gasteiger partial charge in [0.2, 0.25) is 0 Å². The minimum Gasteiger partial charge on any atom is -0.453 e. The molecule has 0 fully saturated rings. The van der Waals surface area contributed by atoms with E-state index in [2.05, 4.69) is 9.79 Å². The highest BCUT2D eigenvalue weighted by molar-refractivity contribution is 6.30. The number of aromatic nitrogens is 2. The Labute approximate surface area is 117 Å². The summed E-state index contributed by atoms with van der Waals surface area (Å²) < 4.78 is 9.11. The van der Waals surface area contributed by atoms with Crippen molar-refractivity contribution in [3.63, 3.8) is 0 Å². The summed E-state index contributed by atoms with van der Waals surface area (Å²) in [6.45, 7) is -0.418. The molecule has 0 aliphatic carbocycles. The SMILES string of the molecule is NC(=O)c1c(COC(=O)c2ccc(Cl)cc2)no[n+]1[O-]. The summed E-state index contributed by atoms with van der Waals surface area (Å²) in [7, 11) is 0. The lowest BCUT2D eigenvalue weighted by Gasteiger charge is -2.01. The number of amides is 1. The van der Waals surface area contributed by atoms with Gasteiger partial charge in [0.15, 0.2) is 6.61 Å². The van der Waals surface area contributed by atoms with Crippen LogP contribution in [0.25, 0.3) is 0 Å². The number of hydrogen-bond donors (Lipinski definition) is 1. The first kappa shape index (κ1) is 13.8. The lowest BCUT2D eigenvalue weighted by atomic mass is 10.2. The lowest BCUT2D eigenvalue weighted by molar-refractivity contribution is -0.803. The number of esters is 1. The Morgan fingerprint density at radius 2 is 2.05 bits per heavy atom. The normalized spacial score (nSPS) is 10.2. The van der Waals surface area contributed by atoms with Crippen molar-refractivity contribution < 1.29 is 23.9 Å². The van der Waals surface area contributed by atoms with Crippen molar-refractivity contribution in [2.75, 3.05) is 0 Å². The Morgan fingerprint density at radius 1 is 1.40 bits per heavy atom. The summed E-state index contributed by atoms with van der Waals surface area (Å²) in [6.07, 6.45) is 0. The van der Waals surface area contributed by atoms with Crippen LogP contribution in [0.4, 0.5) is 0 Å². The molecule has 0 aliphatic heterocycles. The molecule has 1 heterocycles. The number of carbonyl (C=O) groups is 2. The van der Waals surface area contributed by atoms with Crippen LogP contribution >= 0.6 is 11.6 Å². The first-order chi connectivity index (χ1) is 9.49. The summed E-state index contributed by atoms with van der Waals surface area (Å²) in [4.78, 5) is 22.5. The maximum Gasteiger partial charge on any atom is 0.338 e. The van der Waals surface area contributed by atoms with Gasteiger partial charge in [-0.1, -0.05) is 11.6 Å². The third-order valence-corrected chi connectivity index (χ3v) is 2.59. The van der Waals surface area contributed by atoms with Crippen molar-refractivity contribution in [3.8, 4) is 0 Å². The number of primary amides is 1. The minimum absolute atomic E-state index is 0.145. The van der Waals surface area contributed by atoms with E-state index in [4.69, 9.17) is 22.1 Å². The summed E-state index contributed by atoms with van der Waals surface area (Å²) in [5, 5.41) is 14.8. The Bertz CT molecular complexity index is 653. The molecule has 0 spiro atoms. The van der Waals surface area contributed by atoms with Gasteiger partial charge in [0.25, 0.3) is 17.3 Å². The molecule has 0 atom stereocenters. The van der Waals surface area contributed by atoms with E-state index in [0.29, 0.717) is 5.02 Å². The van der Waals surface area contributed by atoms with Crippen molar-refractivity contribution in [1.82, 2.24) is 5.16 Å². The third-order valence-electron chi connectivity index (χ3n) is 2.33. The second-order valence-electron chi connectivity index (χ2n) is 3.67. The molecule has 20 heavy (non-hydrogen) atoms. The molecule has 1 aromatic carbocycles. The number of halogens is 1. The molecule has 0 saturated carbocycles. The van der Waals surface area contributed by atoms with Gasteiger partial charge >= 0.3 is 5.97 Å². The molecule has 0 aliphatic rings. The van der Waals surface area contributed by atoms with Crippen LogP contribution in [-0.4, -0.2) is 17.0 Å². The van der Waals surface area contributed by atoms with Crippen LogP contribution in [0.1, 0.15) is 26.5 Å². The maximum absolute atomic E-state index is 11.7. The average Bonchev–Trinajstić information content (AvgIpc) is 2.78. The second-order valence-corrected chi connectivity index (χ2v) is 4.11. The molecule has 104 valence electrons. The first-order valence-electron chi connectivity index (χ1n) is 5.30. The van der Waals surface area contributed by atoms with Crippen molar-refractivity contribution >= 4 is 23.5 Å². The van der Waals surface area contributed by atoms with E-state index in [1.807, 2.05) is 0 Å². The van der Waals surface area contributed by atoms with Crippen LogP contribution in [0.2, 0.25) is 5.02 Å². The number of rotatable bonds is 4. The van der Waals surface area contributed by atoms with Gasteiger partial charge in [-0.05, 0) is 29.2 Å². The van der Waals surface area contributed by atoms with Crippen molar-refractivity contribution in [3.05, 3.63) is 51.4 Å². The van der Waals surface area contributed by atoms with E-state index in [1.165, 1.54) is 24.3 Å². The second kappa shape index (κ2) is 5.57. The summed E-state index contributed by atoms with van der Waals surface area (Å²) in [6, 6.07) is 5.98. The Morgan fingerprint density at radius 3 is 2.65 bits per heavy atom. The van der Waals surface area contributed by atoms with Gasteiger partial charge in [0.1, 0.15) is 0 Å². The van der Waals surface area contributed by atoms with Gasteiger partial charge in [-0.3, -0.25) is 9.42 Å². The monoisotopic (exact) mass is 297 g/mol. The van der Waals surface area contributed by atoms with E-state index in [0.717, 1.165) is 0 Å². The fraction of sp³-hybridized carbons (Fsp3) is 0.0909. The number of hydrogen-bond acceptors (Lipinski definition) is 6. The number of nitrogens with two attached hydrogens (primary N) is 1. The third kappa shape index (κ3) is 2.86. The molecule has 8 nitrogen and oxygen atoms in total. The summed E-state index contributed by atoms with van der Waals surface area (Å²) in [5.74, 6) is -1.70. The minimum atomic E-state index is -1.03. The van der Waals surface area contributed by atoms with Gasteiger partial charge in [-0.25, -0.2) is 4.79 Å². The molecule has 9 heteroatoms. The van der Waals surface area contributed by atoms with Crippen LogP contribution < -0.4 is 10.6 Å². The van der Waals surface area contributed by atoms with Crippen molar-refractivity contribution in [1.29, 1.82) is 0 Å². The molecule has 0 bridgehead atoms. The van der Waals surface area contributed by atoms with Crippen LogP contribution in [0.5, 0.6) is 0 Å². The van der Waals surface area contributed by atoms with Crippen LogP contribution in [0.15, 0.2) is 28.9 Å². The number of nitrogens with zero attached hydrogens (tertiary/aromatic N) is 2. The van der Waals surface area contributed by atoms with Crippen LogP contribution in [0, 0.1) is 5.21 Å². The van der Waals surface area contributed by atoms with Crippen molar-refractivity contribution in [2.45, 2.75) is 6.61 Å². The standard InChI is InChI=1S/C11H8ClN3O5/c12-7-3-1-6(2-4-7)11(17)19-5-8-9(10(13)16)15(18)20-14-8/h1-4H,5H2,(H2,13,16). The fourth-order valence-electron chi connectivity index (χ4n) is 1.41. The number of benzene rings is 1. The zero-order valence-electron chi connectivity index (χ0n) is 9.91. The zero-order valence-corrected chi connectivity index (χ0v) is 10.7. The molecule has 0 saturated heterocycles.